The van der Waals surface area contributed by atoms with Gasteiger partial charge in [-0.25, -0.2) is 0 Å². The number of hydrogen-bond acceptors (Lipinski definition) is 3. The molecular weight excluding hydrogens is 322 g/mol. The van der Waals surface area contributed by atoms with Crippen molar-refractivity contribution < 1.29 is 10.5 Å². The summed E-state index contributed by atoms with van der Waals surface area (Å²) in [6.45, 7) is 0. The summed E-state index contributed by atoms with van der Waals surface area (Å²) >= 11 is 1.22. The summed E-state index contributed by atoms with van der Waals surface area (Å²) < 4.78 is 8.92. The zero-order valence-electron chi connectivity index (χ0n) is 2.87. The van der Waals surface area contributed by atoms with Crippen molar-refractivity contribution in [1.29, 1.82) is 0 Å². The van der Waals surface area contributed by atoms with Gasteiger partial charge in [-0.15, -0.1) is 0 Å². The minimum atomic E-state index is -1.46. The van der Waals surface area contributed by atoms with Gasteiger partial charge in [0.15, 0.2) is 0 Å². The monoisotopic (exact) mass is 326 g/mol. The van der Waals surface area contributed by atoms with Crippen LogP contribution in [-0.4, -0.2) is 51.8 Å². The summed E-state index contributed by atoms with van der Waals surface area (Å²) in [5.74, 6) is 0. The molecule has 0 aliphatic carbocycles. The van der Waals surface area contributed by atoms with Crippen molar-refractivity contribution >= 4 is 55.5 Å². The molecule has 0 aromatic rings. The van der Waals surface area contributed by atoms with Crippen molar-refractivity contribution in [3.63, 3.8) is 0 Å². The molecule has 0 aromatic carbocycles. The van der Waals surface area contributed by atoms with Gasteiger partial charge in [0, 0.05) is 0 Å². The van der Waals surface area contributed by atoms with Crippen LogP contribution in [0.25, 0.3) is 0 Å². The van der Waals surface area contributed by atoms with E-state index in [2.05, 4.69) is 5.60 Å². The van der Waals surface area contributed by atoms with Crippen LogP contribution < -0.4 is 0 Å². The summed E-state index contributed by atoms with van der Waals surface area (Å²) in [4.78, 5) is 8.35. The Kier molecular flexibility index (Phi) is 6.74. The van der Waals surface area contributed by atoms with Gasteiger partial charge in [0.05, 0.1) is 0 Å². The van der Waals surface area contributed by atoms with Crippen molar-refractivity contribution in [3.05, 3.63) is 0 Å². The molecule has 0 radical (unpaired) electrons. The first-order valence-electron chi connectivity index (χ1n) is 1.04. The fraction of sp³-hybridized carbons (Fsp3) is 0. The van der Waals surface area contributed by atoms with Crippen LogP contribution in [-0.2, 0) is 5.60 Å². The zero-order chi connectivity index (χ0) is 4.99. The maximum absolute atomic E-state index is 8.35. The standard InChI is InChI=1S/HO3P.2Sb.4H/c1-4(2)3;;;;;;/h1H;;;;;;/q-2;2*+1;;;;. The molecule has 0 aliphatic heterocycles. The van der Waals surface area contributed by atoms with Gasteiger partial charge < -0.3 is 0 Å². The molecule has 0 atom stereocenters. The minimum absolute atomic E-state index is 0.611. The molecule has 0 saturated heterocycles. The average Bonchev–Trinajstić information content (AvgIpc) is 1.65. The molecule has 3 nitrogen and oxygen atoms in total. The fourth-order valence-electron chi connectivity index (χ4n) is 0.0248. The summed E-state index contributed by atoms with van der Waals surface area (Å²) in [7, 11) is -1.46. The van der Waals surface area contributed by atoms with E-state index in [0.29, 0.717) is 46.9 Å². The molecule has 0 fully saturated rings. The Morgan fingerprint density at radius 3 is 1.67 bits per heavy atom. The SMILES string of the molecule is OP([O][SbH2])[O][SbH2]. The van der Waals surface area contributed by atoms with Gasteiger partial charge in [0.2, 0.25) is 0 Å². The molecule has 6 heavy (non-hydrogen) atoms. The summed E-state index contributed by atoms with van der Waals surface area (Å²) in [5.41, 5.74) is 0. The average molecular weight is 328 g/mol. The van der Waals surface area contributed by atoms with E-state index in [1.807, 2.05) is 0 Å². The molecule has 0 amide bonds. The Labute approximate surface area is 65.5 Å². The second-order valence-corrected chi connectivity index (χ2v) is 4.96. The van der Waals surface area contributed by atoms with Gasteiger partial charge in [-0.1, -0.05) is 0 Å². The van der Waals surface area contributed by atoms with Crippen molar-refractivity contribution in [3.8, 4) is 0 Å². The number of hydrogen-bond donors (Lipinski definition) is 1. The normalized spacial score (nSPS) is 10.0. The quantitative estimate of drug-likeness (QED) is 0.487. The van der Waals surface area contributed by atoms with E-state index < -0.39 is 8.60 Å². The van der Waals surface area contributed by atoms with Crippen molar-refractivity contribution in [2.24, 2.45) is 0 Å². The summed E-state index contributed by atoms with van der Waals surface area (Å²) in [5, 5.41) is 0. The maximum atomic E-state index is 8.35. The Morgan fingerprint density at radius 1 is 1.33 bits per heavy atom. The first kappa shape index (κ1) is 7.95. The van der Waals surface area contributed by atoms with Crippen LogP contribution >= 0.6 is 8.60 Å². The molecule has 0 rings (SSSR count). The molecule has 0 unspecified atom stereocenters. The van der Waals surface area contributed by atoms with Gasteiger partial charge in [0.25, 0.3) is 0 Å². The topological polar surface area (TPSA) is 38.7 Å². The number of rotatable bonds is 2. The first-order valence-corrected chi connectivity index (χ1v) is 4.86. The Morgan fingerprint density at radius 2 is 1.67 bits per heavy atom. The van der Waals surface area contributed by atoms with Crippen LogP contribution in [0.2, 0.25) is 0 Å². The van der Waals surface area contributed by atoms with Crippen molar-refractivity contribution in [1.82, 2.24) is 0 Å². The van der Waals surface area contributed by atoms with E-state index in [-0.39, 0.29) is 0 Å². The summed E-state index contributed by atoms with van der Waals surface area (Å²) in [6, 6.07) is 0. The molecule has 0 aromatic heterocycles. The van der Waals surface area contributed by atoms with Gasteiger partial charge in [-0.2, -0.15) is 0 Å². The molecule has 6 heteroatoms. The van der Waals surface area contributed by atoms with E-state index in [0.717, 1.165) is 0 Å². The second kappa shape index (κ2) is 5.09. The summed E-state index contributed by atoms with van der Waals surface area (Å²) in [6.07, 6.45) is 0. The van der Waals surface area contributed by atoms with Gasteiger partial charge >= 0.3 is 66.0 Å². The van der Waals surface area contributed by atoms with Gasteiger partial charge in [-0.3, -0.25) is 0 Å². The molecule has 0 bridgehead atoms. The van der Waals surface area contributed by atoms with Crippen molar-refractivity contribution in [2.45, 2.75) is 0 Å². The molecule has 1 N–H and O–H groups in total. The molecule has 0 spiro atoms. The van der Waals surface area contributed by atoms with E-state index in [1.54, 1.807) is 0 Å². The first-order chi connectivity index (χ1) is 2.81. The molecule has 0 heterocycles. The zero-order valence-corrected chi connectivity index (χ0v) is 10.4. The molecule has 0 aliphatic rings. The Hall–Kier alpha value is 1.95. The predicted molar refractivity (Wildman–Crippen MR) is 28.4 cm³/mol. The van der Waals surface area contributed by atoms with E-state index in [9.17, 15) is 0 Å². The molecular formula is H5O3PSb2. The van der Waals surface area contributed by atoms with E-state index >= 15 is 0 Å². The van der Waals surface area contributed by atoms with Crippen LogP contribution in [0.3, 0.4) is 0 Å². The molecule has 38 valence electrons. The van der Waals surface area contributed by atoms with Crippen LogP contribution in [0.4, 0.5) is 0 Å². The fourth-order valence-corrected chi connectivity index (χ4v) is 3.35. The predicted octanol–water partition coefficient (Wildman–Crippen LogP) is -1.67. The van der Waals surface area contributed by atoms with Crippen LogP contribution in [0.1, 0.15) is 0 Å². The van der Waals surface area contributed by atoms with Crippen LogP contribution in [0, 0.1) is 0 Å². The van der Waals surface area contributed by atoms with Crippen molar-refractivity contribution in [2.75, 3.05) is 0 Å². The third-order valence-electron chi connectivity index (χ3n) is 0.180. The second-order valence-electron chi connectivity index (χ2n) is 0.449. The van der Waals surface area contributed by atoms with Crippen LogP contribution in [0.5, 0.6) is 0 Å². The van der Waals surface area contributed by atoms with Gasteiger partial charge in [0.1, 0.15) is 0 Å². The Balaban J connectivity index is 2.75. The van der Waals surface area contributed by atoms with Crippen LogP contribution in [0.15, 0.2) is 0 Å². The third kappa shape index (κ3) is 4.11. The third-order valence-corrected chi connectivity index (χ3v) is 3.63. The van der Waals surface area contributed by atoms with E-state index in [1.165, 1.54) is 0 Å². The Bertz CT molecular complexity index is 28.0. The van der Waals surface area contributed by atoms with E-state index in [4.69, 9.17) is 4.89 Å². The molecule has 0 saturated carbocycles. The van der Waals surface area contributed by atoms with Gasteiger partial charge in [-0.05, 0) is 0 Å².